The summed E-state index contributed by atoms with van der Waals surface area (Å²) in [4.78, 5) is 19.1. The quantitative estimate of drug-likeness (QED) is 0.887. The summed E-state index contributed by atoms with van der Waals surface area (Å²) in [6.07, 6.45) is 4.02. The van der Waals surface area contributed by atoms with Gasteiger partial charge < -0.3 is 15.0 Å². The number of pyridine rings is 1. The first-order valence-electron chi connectivity index (χ1n) is 8.42. The molecule has 1 aromatic carbocycles. The number of halogens is 1. The van der Waals surface area contributed by atoms with E-state index in [0.717, 1.165) is 24.7 Å². The number of benzene rings is 1. The van der Waals surface area contributed by atoms with Gasteiger partial charge in [0.1, 0.15) is 11.4 Å². The molecule has 1 fully saturated rings. The minimum Gasteiger partial charge on any atom is -0.495 e. The van der Waals surface area contributed by atoms with Crippen LogP contribution in [0.2, 0.25) is 5.02 Å². The molecule has 1 aromatic heterocycles. The van der Waals surface area contributed by atoms with Gasteiger partial charge >= 0.3 is 0 Å². The second-order valence-corrected chi connectivity index (χ2v) is 6.80. The van der Waals surface area contributed by atoms with Crippen molar-refractivity contribution in [3.63, 3.8) is 0 Å². The molecule has 0 bridgehead atoms. The molecule has 1 saturated heterocycles. The van der Waals surface area contributed by atoms with Crippen molar-refractivity contribution >= 4 is 28.9 Å². The van der Waals surface area contributed by atoms with Crippen LogP contribution in [-0.4, -0.2) is 31.1 Å². The van der Waals surface area contributed by atoms with Crippen LogP contribution >= 0.6 is 11.6 Å². The summed E-state index contributed by atoms with van der Waals surface area (Å²) in [6.45, 7) is 4.30. The van der Waals surface area contributed by atoms with E-state index in [-0.39, 0.29) is 5.91 Å². The van der Waals surface area contributed by atoms with Gasteiger partial charge in [-0.05, 0) is 49.1 Å². The van der Waals surface area contributed by atoms with E-state index >= 15 is 0 Å². The van der Waals surface area contributed by atoms with Crippen LogP contribution in [-0.2, 0) is 0 Å². The Morgan fingerprint density at radius 3 is 2.76 bits per heavy atom. The zero-order valence-electron chi connectivity index (χ0n) is 14.5. The summed E-state index contributed by atoms with van der Waals surface area (Å²) in [5, 5.41) is 3.35. The van der Waals surface area contributed by atoms with Crippen LogP contribution in [0.15, 0.2) is 36.5 Å². The zero-order chi connectivity index (χ0) is 17.8. The Hall–Kier alpha value is -2.27. The highest BCUT2D eigenvalue weighted by atomic mass is 35.5. The third kappa shape index (κ3) is 4.23. The molecule has 0 saturated carbocycles. The Bertz CT molecular complexity index is 758. The number of hydrogen-bond donors (Lipinski definition) is 1. The van der Waals surface area contributed by atoms with Crippen LogP contribution in [0.5, 0.6) is 5.75 Å². The van der Waals surface area contributed by atoms with E-state index < -0.39 is 0 Å². The molecular weight excluding hydrogens is 338 g/mol. The van der Waals surface area contributed by atoms with Crippen LogP contribution in [0, 0.1) is 5.92 Å². The van der Waals surface area contributed by atoms with Gasteiger partial charge in [0.2, 0.25) is 0 Å². The maximum atomic E-state index is 12.6. The minimum atomic E-state index is -0.284. The summed E-state index contributed by atoms with van der Waals surface area (Å²) >= 11 is 6.01. The highest BCUT2D eigenvalue weighted by Crippen LogP contribution is 2.28. The second kappa shape index (κ2) is 7.74. The van der Waals surface area contributed by atoms with Crippen LogP contribution < -0.4 is 15.0 Å². The molecule has 5 nitrogen and oxygen atoms in total. The van der Waals surface area contributed by atoms with Gasteiger partial charge in [-0.25, -0.2) is 0 Å². The fraction of sp³-hybridized carbons (Fsp3) is 0.368. The van der Waals surface area contributed by atoms with Gasteiger partial charge in [-0.15, -0.1) is 0 Å². The number of amides is 1. The second-order valence-electron chi connectivity index (χ2n) is 6.37. The number of nitrogens with one attached hydrogen (secondary N) is 1. The lowest BCUT2D eigenvalue weighted by Gasteiger charge is -2.32. The monoisotopic (exact) mass is 359 g/mol. The number of ether oxygens (including phenoxy) is 1. The molecule has 25 heavy (non-hydrogen) atoms. The van der Waals surface area contributed by atoms with Crippen LogP contribution in [0.3, 0.4) is 0 Å². The highest BCUT2D eigenvalue weighted by molar-refractivity contribution is 6.31. The normalized spacial score (nSPS) is 15.1. The summed E-state index contributed by atoms with van der Waals surface area (Å²) in [7, 11) is 1.55. The minimum absolute atomic E-state index is 0.284. The lowest BCUT2D eigenvalue weighted by Crippen LogP contribution is -2.33. The summed E-state index contributed by atoms with van der Waals surface area (Å²) in [6, 6.07) is 8.88. The average Bonchev–Trinajstić information content (AvgIpc) is 2.62. The summed E-state index contributed by atoms with van der Waals surface area (Å²) < 4.78 is 5.26. The van der Waals surface area contributed by atoms with Gasteiger partial charge in [0, 0.05) is 30.0 Å². The standard InChI is InChI=1S/C19H22ClN3O2/c1-13-6-9-23(10-7-13)15-5-8-21-17(12-15)19(24)22-16-11-14(20)3-4-18(16)25-2/h3-5,8,11-13H,6-7,9-10H2,1-2H3,(H,22,24). The number of rotatable bonds is 4. The van der Waals surface area contributed by atoms with Crippen molar-refractivity contribution < 1.29 is 9.53 Å². The molecule has 0 spiro atoms. The SMILES string of the molecule is COc1ccc(Cl)cc1NC(=O)c1cc(N2CCC(C)CC2)ccn1. The van der Waals surface area contributed by atoms with Crippen molar-refractivity contribution in [1.29, 1.82) is 0 Å². The Balaban J connectivity index is 1.77. The van der Waals surface area contributed by atoms with Crippen LogP contribution in [0.25, 0.3) is 0 Å². The van der Waals surface area contributed by atoms with Crippen LogP contribution in [0.1, 0.15) is 30.3 Å². The molecule has 0 unspecified atom stereocenters. The number of piperidine rings is 1. The van der Waals surface area contributed by atoms with Gasteiger partial charge in [-0.3, -0.25) is 9.78 Å². The molecule has 6 heteroatoms. The van der Waals surface area contributed by atoms with E-state index in [9.17, 15) is 4.79 Å². The predicted molar refractivity (Wildman–Crippen MR) is 101 cm³/mol. The van der Waals surface area contributed by atoms with Crippen LogP contribution in [0.4, 0.5) is 11.4 Å². The molecular formula is C19H22ClN3O2. The first-order valence-corrected chi connectivity index (χ1v) is 8.80. The Morgan fingerprint density at radius 1 is 1.28 bits per heavy atom. The van der Waals surface area contributed by atoms with Gasteiger partial charge in [-0.2, -0.15) is 0 Å². The Labute approximate surface area is 153 Å². The third-order valence-corrected chi connectivity index (χ3v) is 4.77. The zero-order valence-corrected chi connectivity index (χ0v) is 15.2. The lowest BCUT2D eigenvalue weighted by atomic mass is 9.99. The molecule has 1 N–H and O–H groups in total. The number of methoxy groups -OCH3 is 1. The van der Waals surface area contributed by atoms with Crippen molar-refractivity contribution in [2.75, 3.05) is 30.4 Å². The van der Waals surface area contributed by atoms with Gasteiger partial charge in [0.15, 0.2) is 0 Å². The van der Waals surface area contributed by atoms with E-state index in [1.165, 1.54) is 12.8 Å². The highest BCUT2D eigenvalue weighted by Gasteiger charge is 2.18. The molecule has 3 rings (SSSR count). The van der Waals surface area contributed by atoms with Crippen molar-refractivity contribution in [3.05, 3.63) is 47.2 Å². The topological polar surface area (TPSA) is 54.5 Å². The first kappa shape index (κ1) is 17.5. The molecule has 0 radical (unpaired) electrons. The van der Waals surface area contributed by atoms with Crippen molar-refractivity contribution in [3.8, 4) is 5.75 Å². The fourth-order valence-electron chi connectivity index (χ4n) is 2.97. The van der Waals surface area contributed by atoms with E-state index in [4.69, 9.17) is 16.3 Å². The van der Waals surface area contributed by atoms with E-state index in [2.05, 4.69) is 22.1 Å². The first-order chi connectivity index (χ1) is 12.1. The van der Waals surface area contributed by atoms with Gasteiger partial charge in [0.25, 0.3) is 5.91 Å². The van der Waals surface area contributed by atoms with Crippen molar-refractivity contribution in [2.24, 2.45) is 5.92 Å². The maximum absolute atomic E-state index is 12.6. The fourth-order valence-corrected chi connectivity index (χ4v) is 3.14. The van der Waals surface area contributed by atoms with E-state index in [0.29, 0.717) is 22.2 Å². The van der Waals surface area contributed by atoms with Crippen molar-refractivity contribution in [1.82, 2.24) is 4.98 Å². The number of nitrogens with zero attached hydrogens (tertiary/aromatic N) is 2. The van der Waals surface area contributed by atoms with Gasteiger partial charge in [-0.1, -0.05) is 18.5 Å². The van der Waals surface area contributed by atoms with Crippen molar-refractivity contribution in [2.45, 2.75) is 19.8 Å². The number of carbonyl (C=O) groups is 1. The molecule has 1 aliphatic heterocycles. The Kier molecular flexibility index (Phi) is 5.43. The summed E-state index contributed by atoms with van der Waals surface area (Å²) in [5.41, 5.74) is 1.93. The largest absolute Gasteiger partial charge is 0.495 e. The van der Waals surface area contributed by atoms with E-state index in [1.54, 1.807) is 31.5 Å². The molecule has 1 aliphatic rings. The molecule has 0 atom stereocenters. The molecule has 2 heterocycles. The summed E-state index contributed by atoms with van der Waals surface area (Å²) in [5.74, 6) is 1.03. The smallest absolute Gasteiger partial charge is 0.274 e. The Morgan fingerprint density at radius 2 is 2.04 bits per heavy atom. The number of hydrogen-bond acceptors (Lipinski definition) is 4. The average molecular weight is 360 g/mol. The van der Waals surface area contributed by atoms with E-state index in [1.807, 2.05) is 12.1 Å². The number of carbonyl (C=O) groups excluding carboxylic acids is 1. The van der Waals surface area contributed by atoms with Gasteiger partial charge in [0.05, 0.1) is 12.8 Å². The molecule has 0 aliphatic carbocycles. The molecule has 2 aromatic rings. The predicted octanol–water partition coefficient (Wildman–Crippen LogP) is 4.23. The third-order valence-electron chi connectivity index (χ3n) is 4.53. The lowest BCUT2D eigenvalue weighted by molar-refractivity contribution is 0.102. The molecule has 1 amide bonds. The number of aromatic nitrogens is 1. The number of anilines is 2. The maximum Gasteiger partial charge on any atom is 0.274 e. The molecule has 132 valence electrons.